The largest absolute Gasteiger partial charge is 0.486 e. The molecule has 90 valence electrons. The van der Waals surface area contributed by atoms with Crippen molar-refractivity contribution in [3.05, 3.63) is 42.5 Å². The maximum atomic E-state index is 5.66. The number of aromatic nitrogens is 3. The molecule has 0 atom stereocenters. The molecule has 0 saturated heterocycles. The van der Waals surface area contributed by atoms with Crippen molar-refractivity contribution in [1.29, 1.82) is 0 Å². The molecule has 2 rings (SSSR count). The van der Waals surface area contributed by atoms with Gasteiger partial charge >= 0.3 is 0 Å². The molecule has 0 aliphatic rings. The van der Waals surface area contributed by atoms with Crippen LogP contribution in [0.3, 0.4) is 0 Å². The van der Waals surface area contributed by atoms with Crippen LogP contribution in [0.5, 0.6) is 5.75 Å². The van der Waals surface area contributed by atoms with Crippen molar-refractivity contribution >= 4 is 0 Å². The first-order valence-electron chi connectivity index (χ1n) is 5.64. The second-order valence-corrected chi connectivity index (χ2v) is 4.89. The fourth-order valence-electron chi connectivity index (χ4n) is 1.58. The number of nitrogens with zero attached hydrogens (tertiary/aromatic N) is 3. The lowest BCUT2D eigenvalue weighted by Crippen LogP contribution is -2.24. The van der Waals surface area contributed by atoms with Gasteiger partial charge in [-0.25, -0.2) is 0 Å². The lowest BCUT2D eigenvalue weighted by atomic mass is 10.1. The third kappa shape index (κ3) is 2.84. The zero-order valence-corrected chi connectivity index (χ0v) is 10.4. The summed E-state index contributed by atoms with van der Waals surface area (Å²) in [6.45, 7) is 6.77. The molecule has 4 nitrogen and oxygen atoms in total. The summed E-state index contributed by atoms with van der Waals surface area (Å²) >= 11 is 0. The van der Waals surface area contributed by atoms with Gasteiger partial charge in [-0.15, -0.1) is 10.2 Å². The Morgan fingerprint density at radius 1 is 1.18 bits per heavy atom. The highest BCUT2D eigenvalue weighted by Crippen LogP contribution is 2.16. The van der Waals surface area contributed by atoms with E-state index >= 15 is 0 Å². The molecule has 0 fully saturated rings. The minimum Gasteiger partial charge on any atom is -0.486 e. The van der Waals surface area contributed by atoms with Gasteiger partial charge in [0.15, 0.2) is 5.82 Å². The first-order valence-corrected chi connectivity index (χ1v) is 5.64. The summed E-state index contributed by atoms with van der Waals surface area (Å²) in [5, 5.41) is 8.02. The van der Waals surface area contributed by atoms with E-state index in [9.17, 15) is 0 Å². The molecule has 0 amide bonds. The molecule has 2 aromatic rings. The van der Waals surface area contributed by atoms with Crippen molar-refractivity contribution in [2.24, 2.45) is 0 Å². The third-order valence-corrected chi connectivity index (χ3v) is 2.45. The van der Waals surface area contributed by atoms with Crippen molar-refractivity contribution in [1.82, 2.24) is 14.8 Å². The first-order chi connectivity index (χ1) is 8.07. The molecule has 0 radical (unpaired) electrons. The van der Waals surface area contributed by atoms with Crippen molar-refractivity contribution in [3.63, 3.8) is 0 Å². The van der Waals surface area contributed by atoms with Crippen LogP contribution in [0.4, 0.5) is 0 Å². The van der Waals surface area contributed by atoms with Crippen LogP contribution in [-0.2, 0) is 12.1 Å². The van der Waals surface area contributed by atoms with Crippen LogP contribution in [0.15, 0.2) is 36.7 Å². The van der Waals surface area contributed by atoms with Crippen molar-refractivity contribution in [2.45, 2.75) is 32.9 Å². The third-order valence-electron chi connectivity index (χ3n) is 2.45. The van der Waals surface area contributed by atoms with Crippen LogP contribution in [0.25, 0.3) is 0 Å². The van der Waals surface area contributed by atoms with E-state index in [4.69, 9.17) is 4.74 Å². The molecule has 0 aliphatic heterocycles. The molecule has 17 heavy (non-hydrogen) atoms. The highest BCUT2D eigenvalue weighted by Gasteiger charge is 2.17. The predicted molar refractivity (Wildman–Crippen MR) is 65.8 cm³/mol. The average molecular weight is 231 g/mol. The molecule has 0 aliphatic carbocycles. The van der Waals surface area contributed by atoms with Crippen LogP contribution in [-0.4, -0.2) is 14.8 Å². The summed E-state index contributed by atoms with van der Waals surface area (Å²) in [6.07, 6.45) is 1.74. The Morgan fingerprint density at radius 2 is 1.88 bits per heavy atom. The van der Waals surface area contributed by atoms with Crippen LogP contribution < -0.4 is 4.74 Å². The Morgan fingerprint density at radius 3 is 2.53 bits per heavy atom. The highest BCUT2D eigenvalue weighted by atomic mass is 16.5. The standard InChI is InChI=1S/C13H17N3O/c1-13(2,3)16-10-14-15-12(16)9-17-11-7-5-4-6-8-11/h4-8,10H,9H2,1-3H3. The minimum atomic E-state index is -0.0289. The lowest BCUT2D eigenvalue weighted by Gasteiger charge is -2.22. The number of rotatable bonds is 3. The van der Waals surface area contributed by atoms with E-state index in [0.29, 0.717) is 6.61 Å². The van der Waals surface area contributed by atoms with E-state index in [1.165, 1.54) is 0 Å². The molecule has 0 unspecified atom stereocenters. The number of benzene rings is 1. The summed E-state index contributed by atoms with van der Waals surface area (Å²) in [6, 6.07) is 9.72. The smallest absolute Gasteiger partial charge is 0.171 e. The predicted octanol–water partition coefficient (Wildman–Crippen LogP) is 2.61. The summed E-state index contributed by atoms with van der Waals surface area (Å²) < 4.78 is 7.69. The Hall–Kier alpha value is -1.84. The van der Waals surface area contributed by atoms with E-state index in [1.54, 1.807) is 6.33 Å². The molecule has 4 heteroatoms. The van der Waals surface area contributed by atoms with Crippen molar-refractivity contribution in [3.8, 4) is 5.75 Å². The summed E-state index contributed by atoms with van der Waals surface area (Å²) in [7, 11) is 0. The lowest BCUT2D eigenvalue weighted by molar-refractivity contribution is 0.271. The Kier molecular flexibility index (Phi) is 3.13. The number of ether oxygens (including phenoxy) is 1. The molecule has 0 saturated carbocycles. The Balaban J connectivity index is 2.08. The average Bonchev–Trinajstić information content (AvgIpc) is 2.75. The van der Waals surface area contributed by atoms with E-state index in [-0.39, 0.29) is 5.54 Å². The van der Waals surface area contributed by atoms with E-state index in [1.807, 2.05) is 34.9 Å². The zero-order chi connectivity index (χ0) is 12.3. The Bertz CT molecular complexity index is 471. The minimum absolute atomic E-state index is 0.0289. The summed E-state index contributed by atoms with van der Waals surface area (Å²) in [4.78, 5) is 0. The van der Waals surface area contributed by atoms with Crippen molar-refractivity contribution < 1.29 is 4.74 Å². The van der Waals surface area contributed by atoms with Gasteiger partial charge in [0.2, 0.25) is 0 Å². The van der Waals surface area contributed by atoms with Crippen LogP contribution in [0, 0.1) is 0 Å². The van der Waals surface area contributed by atoms with Gasteiger partial charge < -0.3 is 9.30 Å². The van der Waals surface area contributed by atoms with Gasteiger partial charge in [0.05, 0.1) is 0 Å². The van der Waals surface area contributed by atoms with Gasteiger partial charge in [-0.05, 0) is 32.9 Å². The van der Waals surface area contributed by atoms with E-state index < -0.39 is 0 Å². The second-order valence-electron chi connectivity index (χ2n) is 4.89. The summed E-state index contributed by atoms with van der Waals surface area (Å²) in [5.74, 6) is 1.68. The second kappa shape index (κ2) is 4.57. The fraction of sp³-hybridized carbons (Fsp3) is 0.385. The topological polar surface area (TPSA) is 39.9 Å². The monoisotopic (exact) mass is 231 g/mol. The van der Waals surface area contributed by atoms with Gasteiger partial charge in [-0.2, -0.15) is 0 Å². The number of hydrogen-bond donors (Lipinski definition) is 0. The molecule has 1 heterocycles. The molecular weight excluding hydrogens is 214 g/mol. The quantitative estimate of drug-likeness (QED) is 0.815. The molecule has 1 aromatic heterocycles. The number of hydrogen-bond acceptors (Lipinski definition) is 3. The molecule has 0 spiro atoms. The van der Waals surface area contributed by atoms with Gasteiger partial charge in [-0.3, -0.25) is 0 Å². The van der Waals surface area contributed by atoms with Gasteiger partial charge in [-0.1, -0.05) is 18.2 Å². The normalized spacial score (nSPS) is 11.5. The fourth-order valence-corrected chi connectivity index (χ4v) is 1.58. The van der Waals surface area contributed by atoms with E-state index in [0.717, 1.165) is 11.6 Å². The van der Waals surface area contributed by atoms with Crippen LogP contribution in [0.1, 0.15) is 26.6 Å². The van der Waals surface area contributed by atoms with Gasteiger partial charge in [0.25, 0.3) is 0 Å². The number of para-hydroxylation sites is 1. The molecule has 0 N–H and O–H groups in total. The highest BCUT2D eigenvalue weighted by molar-refractivity contribution is 5.21. The van der Waals surface area contributed by atoms with Gasteiger partial charge in [0.1, 0.15) is 18.7 Å². The Labute approximate surface area is 101 Å². The first kappa shape index (κ1) is 11.6. The van der Waals surface area contributed by atoms with E-state index in [2.05, 4.69) is 31.0 Å². The molecule has 1 aromatic carbocycles. The SMILES string of the molecule is CC(C)(C)n1cnnc1COc1ccccc1. The molecular formula is C13H17N3O. The summed E-state index contributed by atoms with van der Waals surface area (Å²) in [5.41, 5.74) is -0.0289. The van der Waals surface area contributed by atoms with Crippen LogP contribution in [0.2, 0.25) is 0 Å². The van der Waals surface area contributed by atoms with Crippen molar-refractivity contribution in [2.75, 3.05) is 0 Å². The van der Waals surface area contributed by atoms with Gasteiger partial charge in [0, 0.05) is 5.54 Å². The maximum Gasteiger partial charge on any atom is 0.171 e. The molecule has 0 bridgehead atoms. The maximum absolute atomic E-state index is 5.66. The van der Waals surface area contributed by atoms with Crippen LogP contribution >= 0.6 is 0 Å². The zero-order valence-electron chi connectivity index (χ0n) is 10.4.